The van der Waals surface area contributed by atoms with E-state index in [0.717, 1.165) is 54.9 Å². The molecular formula is C16H16F2N4OS. The molecule has 1 heterocycles. The zero-order chi connectivity index (χ0) is 16.7. The molecule has 0 spiro atoms. The summed E-state index contributed by atoms with van der Waals surface area (Å²) in [5.41, 5.74) is -0.150. The fraction of sp³-hybridized carbons (Fsp3) is 0.438. The third-order valence-electron chi connectivity index (χ3n) is 4.08. The van der Waals surface area contributed by atoms with Gasteiger partial charge in [0.05, 0.1) is 11.4 Å². The Morgan fingerprint density at radius 1 is 1.25 bits per heavy atom. The molecule has 0 unspecified atom stereocenters. The molecule has 5 nitrogen and oxygen atoms in total. The Hall–Kier alpha value is -1.96. The molecule has 2 fully saturated rings. The molecule has 0 radical (unpaired) electrons. The average molecular weight is 350 g/mol. The van der Waals surface area contributed by atoms with Crippen LogP contribution in [0.3, 0.4) is 0 Å². The zero-order valence-corrected chi connectivity index (χ0v) is 13.7. The Morgan fingerprint density at radius 2 is 2.04 bits per heavy atom. The van der Waals surface area contributed by atoms with Crippen LogP contribution < -0.4 is 5.32 Å². The Balaban J connectivity index is 1.41. The van der Waals surface area contributed by atoms with Gasteiger partial charge < -0.3 is 9.88 Å². The number of nitrogens with zero attached hydrogens (tertiary/aromatic N) is 3. The van der Waals surface area contributed by atoms with Crippen molar-refractivity contribution in [2.75, 3.05) is 11.1 Å². The molecule has 1 N–H and O–H groups in total. The molecule has 0 aliphatic heterocycles. The van der Waals surface area contributed by atoms with Crippen molar-refractivity contribution in [1.29, 1.82) is 0 Å². The van der Waals surface area contributed by atoms with Crippen molar-refractivity contribution in [3.63, 3.8) is 0 Å². The second-order valence-electron chi connectivity index (χ2n) is 6.18. The third-order valence-corrected chi connectivity index (χ3v) is 5.02. The van der Waals surface area contributed by atoms with Gasteiger partial charge in [-0.2, -0.15) is 0 Å². The van der Waals surface area contributed by atoms with Crippen molar-refractivity contribution in [3.05, 3.63) is 35.7 Å². The van der Waals surface area contributed by atoms with Gasteiger partial charge in [0.25, 0.3) is 0 Å². The summed E-state index contributed by atoms with van der Waals surface area (Å²) in [6.45, 7) is 0. The molecule has 0 bridgehead atoms. The van der Waals surface area contributed by atoms with Crippen molar-refractivity contribution in [3.8, 4) is 0 Å². The lowest BCUT2D eigenvalue weighted by Gasteiger charge is -2.09. The first-order valence-electron chi connectivity index (χ1n) is 7.94. The lowest BCUT2D eigenvalue weighted by molar-refractivity contribution is -0.113. The highest BCUT2D eigenvalue weighted by Gasteiger charge is 2.36. The molecule has 1 aromatic heterocycles. The first-order valence-corrected chi connectivity index (χ1v) is 8.93. The summed E-state index contributed by atoms with van der Waals surface area (Å²) in [4.78, 5) is 12.0. The average Bonchev–Trinajstić information content (AvgIpc) is 3.47. The summed E-state index contributed by atoms with van der Waals surface area (Å²) in [7, 11) is 0. The second-order valence-corrected chi connectivity index (χ2v) is 7.12. The van der Waals surface area contributed by atoms with Gasteiger partial charge in [0.2, 0.25) is 5.91 Å². The number of carbonyl (C=O) groups excluding carboxylic acids is 1. The van der Waals surface area contributed by atoms with E-state index in [1.807, 2.05) is 0 Å². The molecule has 126 valence electrons. The number of amides is 1. The molecule has 0 atom stereocenters. The molecule has 1 amide bonds. The van der Waals surface area contributed by atoms with E-state index in [1.54, 1.807) is 0 Å². The maximum Gasteiger partial charge on any atom is 0.234 e. The van der Waals surface area contributed by atoms with Crippen LogP contribution in [0.2, 0.25) is 0 Å². The minimum Gasteiger partial charge on any atom is -0.323 e. The van der Waals surface area contributed by atoms with E-state index in [4.69, 9.17) is 0 Å². The molecule has 2 aliphatic carbocycles. The van der Waals surface area contributed by atoms with E-state index in [1.165, 1.54) is 11.8 Å². The van der Waals surface area contributed by atoms with Gasteiger partial charge >= 0.3 is 0 Å². The maximum atomic E-state index is 13.6. The molecule has 0 saturated heterocycles. The summed E-state index contributed by atoms with van der Waals surface area (Å²) in [5, 5.41) is 11.6. The van der Waals surface area contributed by atoms with Gasteiger partial charge in [-0.05, 0) is 37.8 Å². The molecule has 8 heteroatoms. The van der Waals surface area contributed by atoms with E-state index in [9.17, 15) is 13.6 Å². The van der Waals surface area contributed by atoms with E-state index in [0.29, 0.717) is 12.0 Å². The number of carbonyl (C=O) groups is 1. The van der Waals surface area contributed by atoms with Crippen LogP contribution in [-0.4, -0.2) is 26.4 Å². The molecule has 2 aliphatic rings. The van der Waals surface area contributed by atoms with Gasteiger partial charge in [0.1, 0.15) is 17.5 Å². The fourth-order valence-corrected chi connectivity index (χ4v) is 3.40. The predicted octanol–water partition coefficient (Wildman–Crippen LogP) is 3.50. The number of anilines is 1. The van der Waals surface area contributed by atoms with E-state index >= 15 is 0 Å². The van der Waals surface area contributed by atoms with Crippen molar-refractivity contribution in [2.45, 2.75) is 42.8 Å². The summed E-state index contributed by atoms with van der Waals surface area (Å²) in [6.07, 6.45) is 4.53. The second kappa shape index (κ2) is 6.16. The number of hydrogen-bond donors (Lipinski definition) is 1. The molecular weight excluding hydrogens is 334 g/mol. The minimum absolute atomic E-state index is 0.0749. The largest absolute Gasteiger partial charge is 0.323 e. The SMILES string of the molecule is O=C(CSc1nnc(C2CC2)n1C1CC1)Nc1cc(F)ccc1F. The predicted molar refractivity (Wildman–Crippen MR) is 86.0 cm³/mol. The Kier molecular flexibility index (Phi) is 3.99. The van der Waals surface area contributed by atoms with E-state index < -0.39 is 17.5 Å². The smallest absolute Gasteiger partial charge is 0.234 e. The summed E-state index contributed by atoms with van der Waals surface area (Å²) < 4.78 is 28.8. The van der Waals surface area contributed by atoms with Gasteiger partial charge in [-0.1, -0.05) is 11.8 Å². The number of nitrogens with one attached hydrogen (secondary N) is 1. The highest BCUT2D eigenvalue weighted by atomic mass is 32.2. The molecule has 24 heavy (non-hydrogen) atoms. The monoisotopic (exact) mass is 350 g/mol. The van der Waals surface area contributed by atoms with Crippen LogP contribution in [0.1, 0.15) is 43.5 Å². The first kappa shape index (κ1) is 15.6. The quantitative estimate of drug-likeness (QED) is 0.810. The number of hydrogen-bond acceptors (Lipinski definition) is 4. The Morgan fingerprint density at radius 3 is 2.75 bits per heavy atom. The lowest BCUT2D eigenvalue weighted by atomic mass is 10.3. The molecule has 2 saturated carbocycles. The standard InChI is InChI=1S/C16H16F2N4OS/c17-10-3-6-12(18)13(7-10)19-14(23)8-24-16-21-20-15(9-1-2-9)22(16)11-4-5-11/h3,6-7,9,11H,1-2,4-5,8H2,(H,19,23). The highest BCUT2D eigenvalue weighted by Crippen LogP contribution is 2.45. The minimum atomic E-state index is -0.660. The van der Waals surface area contributed by atoms with Gasteiger partial charge in [0.15, 0.2) is 5.16 Å². The van der Waals surface area contributed by atoms with Gasteiger partial charge in [-0.3, -0.25) is 4.79 Å². The van der Waals surface area contributed by atoms with E-state index in [-0.39, 0.29) is 11.4 Å². The lowest BCUT2D eigenvalue weighted by Crippen LogP contribution is -2.16. The normalized spacial score (nSPS) is 17.1. The van der Waals surface area contributed by atoms with Crippen LogP contribution in [0.15, 0.2) is 23.4 Å². The van der Waals surface area contributed by atoms with E-state index in [2.05, 4.69) is 20.1 Å². The van der Waals surface area contributed by atoms with Crippen LogP contribution in [0.5, 0.6) is 0 Å². The van der Waals surface area contributed by atoms with Gasteiger partial charge in [-0.15, -0.1) is 10.2 Å². The summed E-state index contributed by atoms with van der Waals surface area (Å²) in [5.74, 6) is -0.0539. The van der Waals surface area contributed by atoms with Gasteiger partial charge in [0, 0.05) is 18.0 Å². The Labute approximate surface area is 141 Å². The number of thioether (sulfide) groups is 1. The first-order chi connectivity index (χ1) is 11.6. The zero-order valence-electron chi connectivity index (χ0n) is 12.8. The van der Waals surface area contributed by atoms with Crippen molar-refractivity contribution < 1.29 is 13.6 Å². The highest BCUT2D eigenvalue weighted by molar-refractivity contribution is 7.99. The third kappa shape index (κ3) is 3.28. The molecule has 2 aromatic rings. The molecule has 4 rings (SSSR count). The number of rotatable bonds is 6. The van der Waals surface area contributed by atoms with Crippen LogP contribution >= 0.6 is 11.8 Å². The Bertz CT molecular complexity index is 786. The molecule has 1 aromatic carbocycles. The number of aromatic nitrogens is 3. The summed E-state index contributed by atoms with van der Waals surface area (Å²) in [6, 6.07) is 3.42. The van der Waals surface area contributed by atoms with Crippen LogP contribution in [-0.2, 0) is 4.79 Å². The maximum absolute atomic E-state index is 13.6. The number of benzene rings is 1. The topological polar surface area (TPSA) is 59.8 Å². The van der Waals surface area contributed by atoms with Crippen LogP contribution in [0.4, 0.5) is 14.5 Å². The van der Waals surface area contributed by atoms with Crippen molar-refractivity contribution in [2.24, 2.45) is 0 Å². The summed E-state index contributed by atoms with van der Waals surface area (Å²) >= 11 is 1.28. The van der Waals surface area contributed by atoms with Crippen LogP contribution in [0.25, 0.3) is 0 Å². The van der Waals surface area contributed by atoms with Crippen LogP contribution in [0, 0.1) is 11.6 Å². The fourth-order valence-electron chi connectivity index (χ4n) is 2.59. The van der Waals surface area contributed by atoms with Crippen molar-refractivity contribution in [1.82, 2.24) is 14.8 Å². The van der Waals surface area contributed by atoms with Crippen molar-refractivity contribution >= 4 is 23.4 Å². The number of halogens is 2. The van der Waals surface area contributed by atoms with Gasteiger partial charge in [-0.25, -0.2) is 8.78 Å².